The number of hydrogen-bond acceptors (Lipinski definition) is 2. The molecule has 0 saturated carbocycles. The van der Waals surface area contributed by atoms with Crippen LogP contribution < -0.4 is 5.32 Å². The molecule has 0 aliphatic carbocycles. The van der Waals surface area contributed by atoms with Crippen LogP contribution in [0.1, 0.15) is 38.7 Å². The third-order valence-electron chi connectivity index (χ3n) is 2.68. The number of rotatable bonds is 7. The van der Waals surface area contributed by atoms with Gasteiger partial charge >= 0.3 is 0 Å². The average Bonchev–Trinajstić information content (AvgIpc) is 2.37. The first-order valence-corrected chi connectivity index (χ1v) is 6.38. The summed E-state index contributed by atoms with van der Waals surface area (Å²) in [6, 6.07) is 4.65. The molecule has 2 nitrogen and oxygen atoms in total. The molecule has 1 aromatic heterocycles. The molecule has 1 unspecified atom stereocenters. The lowest BCUT2D eigenvalue weighted by atomic mass is 10.0. The largest absolute Gasteiger partial charge is 0.314 e. The molecule has 1 rings (SSSR count). The van der Waals surface area contributed by atoms with E-state index in [0.717, 1.165) is 25.8 Å². The first-order valence-electron chi connectivity index (χ1n) is 6.38. The van der Waals surface area contributed by atoms with Crippen LogP contribution in [0.2, 0.25) is 0 Å². The van der Waals surface area contributed by atoms with Gasteiger partial charge in [-0.15, -0.1) is 11.8 Å². The van der Waals surface area contributed by atoms with Gasteiger partial charge in [-0.05, 0) is 44.4 Å². The number of hydrogen-bond donors (Lipinski definition) is 1. The Bertz CT molecular complexity index is 348. The maximum absolute atomic E-state index is 4.16. The second kappa shape index (κ2) is 8.78. The van der Waals surface area contributed by atoms with Crippen molar-refractivity contribution in [1.29, 1.82) is 0 Å². The Kier molecular flexibility index (Phi) is 7.09. The first kappa shape index (κ1) is 13.7. The highest BCUT2D eigenvalue weighted by Crippen LogP contribution is 2.06. The fourth-order valence-electron chi connectivity index (χ4n) is 1.80. The molecular weight excluding hydrogens is 208 g/mol. The van der Waals surface area contributed by atoms with Crippen molar-refractivity contribution < 1.29 is 0 Å². The molecule has 2 heteroatoms. The highest BCUT2D eigenvalue weighted by atomic mass is 14.9. The fraction of sp³-hybridized carbons (Fsp3) is 0.533. The van der Waals surface area contributed by atoms with E-state index in [0.29, 0.717) is 6.04 Å². The highest BCUT2D eigenvalue weighted by molar-refractivity contribution is 5.10. The van der Waals surface area contributed by atoms with E-state index in [1.807, 2.05) is 25.4 Å². The minimum Gasteiger partial charge on any atom is -0.314 e. The SMILES string of the molecule is CC#CCCC(Cc1cccnc1)NCCC. The van der Waals surface area contributed by atoms with Gasteiger partial charge in [0, 0.05) is 24.9 Å². The topological polar surface area (TPSA) is 24.9 Å². The summed E-state index contributed by atoms with van der Waals surface area (Å²) in [7, 11) is 0. The zero-order valence-electron chi connectivity index (χ0n) is 10.9. The van der Waals surface area contributed by atoms with Gasteiger partial charge in [-0.25, -0.2) is 0 Å². The van der Waals surface area contributed by atoms with Crippen LogP contribution in [0.4, 0.5) is 0 Å². The van der Waals surface area contributed by atoms with Crippen LogP contribution in [0.25, 0.3) is 0 Å². The Morgan fingerprint density at radius 3 is 3.00 bits per heavy atom. The van der Waals surface area contributed by atoms with Crippen LogP contribution in [0.3, 0.4) is 0 Å². The summed E-state index contributed by atoms with van der Waals surface area (Å²) < 4.78 is 0. The predicted octanol–water partition coefficient (Wildman–Crippen LogP) is 2.80. The molecule has 0 amide bonds. The zero-order valence-corrected chi connectivity index (χ0v) is 10.9. The third kappa shape index (κ3) is 6.09. The zero-order chi connectivity index (χ0) is 12.3. The van der Waals surface area contributed by atoms with Gasteiger partial charge in [0.05, 0.1) is 0 Å². The van der Waals surface area contributed by atoms with Gasteiger partial charge in [-0.2, -0.15) is 0 Å². The number of nitrogens with one attached hydrogen (secondary N) is 1. The summed E-state index contributed by atoms with van der Waals surface area (Å²) in [5, 5.41) is 3.58. The summed E-state index contributed by atoms with van der Waals surface area (Å²) in [4.78, 5) is 4.16. The Labute approximate surface area is 105 Å². The van der Waals surface area contributed by atoms with E-state index in [2.05, 4.69) is 35.1 Å². The van der Waals surface area contributed by atoms with Crippen molar-refractivity contribution in [3.05, 3.63) is 30.1 Å². The van der Waals surface area contributed by atoms with Crippen LogP contribution in [-0.4, -0.2) is 17.6 Å². The lowest BCUT2D eigenvalue weighted by Crippen LogP contribution is -2.31. The quantitative estimate of drug-likeness (QED) is 0.729. The second-order valence-corrected chi connectivity index (χ2v) is 4.18. The van der Waals surface area contributed by atoms with Crippen molar-refractivity contribution in [1.82, 2.24) is 10.3 Å². The van der Waals surface area contributed by atoms with Crippen molar-refractivity contribution >= 4 is 0 Å². The molecule has 0 saturated heterocycles. The molecule has 0 spiro atoms. The molecule has 0 radical (unpaired) electrons. The van der Waals surface area contributed by atoms with E-state index in [1.165, 1.54) is 12.0 Å². The molecule has 0 aliphatic heterocycles. The highest BCUT2D eigenvalue weighted by Gasteiger charge is 2.07. The summed E-state index contributed by atoms with van der Waals surface area (Å²) in [5.74, 6) is 6.09. The van der Waals surface area contributed by atoms with Gasteiger partial charge in [0.1, 0.15) is 0 Å². The molecular formula is C15H22N2. The normalized spacial score (nSPS) is 11.6. The Morgan fingerprint density at radius 2 is 2.35 bits per heavy atom. The lowest BCUT2D eigenvalue weighted by molar-refractivity contribution is 0.482. The smallest absolute Gasteiger partial charge is 0.0300 e. The molecule has 1 N–H and O–H groups in total. The van der Waals surface area contributed by atoms with Gasteiger partial charge in [0.2, 0.25) is 0 Å². The number of pyridine rings is 1. The van der Waals surface area contributed by atoms with E-state index in [9.17, 15) is 0 Å². The summed E-state index contributed by atoms with van der Waals surface area (Å²) in [6.45, 7) is 5.17. The first-order chi connectivity index (χ1) is 8.36. The summed E-state index contributed by atoms with van der Waals surface area (Å²) in [5.41, 5.74) is 1.30. The van der Waals surface area contributed by atoms with Crippen LogP contribution in [0.15, 0.2) is 24.5 Å². The Balaban J connectivity index is 2.46. The monoisotopic (exact) mass is 230 g/mol. The van der Waals surface area contributed by atoms with Crippen molar-refractivity contribution in [3.63, 3.8) is 0 Å². The molecule has 0 fully saturated rings. The second-order valence-electron chi connectivity index (χ2n) is 4.18. The van der Waals surface area contributed by atoms with Crippen molar-refractivity contribution in [2.45, 2.75) is 45.6 Å². The molecule has 0 aliphatic rings. The molecule has 1 aromatic rings. The number of aromatic nitrogens is 1. The van der Waals surface area contributed by atoms with Gasteiger partial charge < -0.3 is 5.32 Å². The van der Waals surface area contributed by atoms with Crippen LogP contribution >= 0.6 is 0 Å². The predicted molar refractivity (Wildman–Crippen MR) is 72.7 cm³/mol. The van der Waals surface area contributed by atoms with Crippen LogP contribution in [0, 0.1) is 11.8 Å². The molecule has 1 atom stereocenters. The molecule has 0 aromatic carbocycles. The standard InChI is InChI=1S/C15H22N2/c1-3-5-6-9-15(17-10-4-2)12-14-8-7-11-16-13-14/h7-8,11,13,15,17H,4,6,9-10,12H2,1-2H3. The van der Waals surface area contributed by atoms with E-state index in [1.54, 1.807) is 0 Å². The lowest BCUT2D eigenvalue weighted by Gasteiger charge is -2.17. The fourth-order valence-corrected chi connectivity index (χ4v) is 1.80. The Morgan fingerprint density at radius 1 is 1.47 bits per heavy atom. The molecule has 17 heavy (non-hydrogen) atoms. The van der Waals surface area contributed by atoms with Gasteiger partial charge in [0.25, 0.3) is 0 Å². The Hall–Kier alpha value is -1.33. The van der Waals surface area contributed by atoms with Gasteiger partial charge in [-0.1, -0.05) is 13.0 Å². The maximum Gasteiger partial charge on any atom is 0.0300 e. The van der Waals surface area contributed by atoms with Crippen molar-refractivity contribution in [2.24, 2.45) is 0 Å². The van der Waals surface area contributed by atoms with Crippen molar-refractivity contribution in [2.75, 3.05) is 6.54 Å². The maximum atomic E-state index is 4.16. The van der Waals surface area contributed by atoms with Crippen LogP contribution in [0.5, 0.6) is 0 Å². The van der Waals surface area contributed by atoms with Gasteiger partial charge in [-0.3, -0.25) is 4.98 Å². The van der Waals surface area contributed by atoms with E-state index < -0.39 is 0 Å². The van der Waals surface area contributed by atoms with Gasteiger partial charge in [0.15, 0.2) is 0 Å². The van der Waals surface area contributed by atoms with E-state index in [4.69, 9.17) is 0 Å². The molecule has 92 valence electrons. The average molecular weight is 230 g/mol. The summed E-state index contributed by atoms with van der Waals surface area (Å²) in [6.07, 6.45) is 8.06. The molecule has 0 bridgehead atoms. The summed E-state index contributed by atoms with van der Waals surface area (Å²) >= 11 is 0. The van der Waals surface area contributed by atoms with E-state index in [-0.39, 0.29) is 0 Å². The number of nitrogens with zero attached hydrogens (tertiary/aromatic N) is 1. The van der Waals surface area contributed by atoms with E-state index >= 15 is 0 Å². The minimum atomic E-state index is 0.514. The molecule has 1 heterocycles. The third-order valence-corrected chi connectivity index (χ3v) is 2.68. The van der Waals surface area contributed by atoms with Crippen molar-refractivity contribution in [3.8, 4) is 11.8 Å². The minimum absolute atomic E-state index is 0.514. The van der Waals surface area contributed by atoms with Crippen LogP contribution in [-0.2, 0) is 6.42 Å².